The SMILES string of the molecule is C=C(C(C)CC)N(/C(C)=C\C)C(CC)c1ccccc1. The summed E-state index contributed by atoms with van der Waals surface area (Å²) in [6.45, 7) is 15.4. The highest BCUT2D eigenvalue weighted by atomic mass is 15.2. The van der Waals surface area contributed by atoms with Gasteiger partial charge < -0.3 is 4.90 Å². The van der Waals surface area contributed by atoms with Gasteiger partial charge >= 0.3 is 0 Å². The molecule has 0 amide bonds. The largest absolute Gasteiger partial charge is 0.342 e. The van der Waals surface area contributed by atoms with Gasteiger partial charge in [0.05, 0.1) is 6.04 Å². The van der Waals surface area contributed by atoms with Crippen molar-refractivity contribution in [1.82, 2.24) is 4.90 Å². The van der Waals surface area contributed by atoms with Gasteiger partial charge in [0.1, 0.15) is 0 Å². The maximum absolute atomic E-state index is 4.37. The molecule has 0 aromatic heterocycles. The fraction of sp³-hybridized carbons (Fsp3) is 0.474. The molecule has 1 heteroatoms. The molecule has 0 aliphatic heterocycles. The molecule has 1 rings (SSSR count). The van der Waals surface area contributed by atoms with Crippen molar-refractivity contribution in [2.45, 2.75) is 53.5 Å². The van der Waals surface area contributed by atoms with Crippen LogP contribution in [-0.4, -0.2) is 4.90 Å². The summed E-state index contributed by atoms with van der Waals surface area (Å²) in [7, 11) is 0. The van der Waals surface area contributed by atoms with Crippen molar-refractivity contribution in [3.63, 3.8) is 0 Å². The molecule has 0 fully saturated rings. The first-order valence-electron chi connectivity index (χ1n) is 7.72. The Kier molecular flexibility index (Phi) is 6.57. The van der Waals surface area contributed by atoms with E-state index in [4.69, 9.17) is 0 Å². The summed E-state index contributed by atoms with van der Waals surface area (Å²) in [5, 5.41) is 0. The monoisotopic (exact) mass is 271 g/mol. The van der Waals surface area contributed by atoms with E-state index in [9.17, 15) is 0 Å². The lowest BCUT2D eigenvalue weighted by atomic mass is 9.97. The van der Waals surface area contributed by atoms with E-state index < -0.39 is 0 Å². The molecule has 0 saturated carbocycles. The molecule has 1 nitrogen and oxygen atoms in total. The third-order valence-electron chi connectivity index (χ3n) is 4.17. The van der Waals surface area contributed by atoms with E-state index in [1.54, 1.807) is 0 Å². The Hall–Kier alpha value is -1.50. The van der Waals surface area contributed by atoms with Crippen LogP contribution in [0.2, 0.25) is 0 Å². The highest BCUT2D eigenvalue weighted by molar-refractivity contribution is 5.24. The predicted octanol–water partition coefficient (Wildman–Crippen LogP) is 5.92. The average molecular weight is 271 g/mol. The number of hydrogen-bond acceptors (Lipinski definition) is 1. The molecule has 0 saturated heterocycles. The van der Waals surface area contributed by atoms with Gasteiger partial charge in [-0.2, -0.15) is 0 Å². The normalized spacial score (nSPS) is 14.8. The van der Waals surface area contributed by atoms with Crippen LogP contribution in [-0.2, 0) is 0 Å². The van der Waals surface area contributed by atoms with E-state index in [0.29, 0.717) is 12.0 Å². The molecule has 0 N–H and O–H groups in total. The summed E-state index contributed by atoms with van der Waals surface area (Å²) in [5.41, 5.74) is 3.87. The topological polar surface area (TPSA) is 3.24 Å². The van der Waals surface area contributed by atoms with Gasteiger partial charge in [-0.3, -0.25) is 0 Å². The number of rotatable bonds is 7. The molecule has 1 aromatic carbocycles. The molecule has 0 bridgehead atoms. The quantitative estimate of drug-likeness (QED) is 0.594. The Balaban J connectivity index is 3.18. The van der Waals surface area contributed by atoms with Crippen molar-refractivity contribution in [3.05, 3.63) is 59.9 Å². The standard InChI is InChI=1S/C19H29N/c1-7-15(4)17(6)20(16(5)8-2)19(9-3)18-13-11-10-12-14-18/h8,10-15,19H,6-7,9H2,1-5H3/b16-8-. The van der Waals surface area contributed by atoms with Crippen LogP contribution in [0.4, 0.5) is 0 Å². The van der Waals surface area contributed by atoms with Gasteiger partial charge in [0.15, 0.2) is 0 Å². The van der Waals surface area contributed by atoms with Crippen LogP contribution in [0.3, 0.4) is 0 Å². The fourth-order valence-corrected chi connectivity index (χ4v) is 2.53. The maximum Gasteiger partial charge on any atom is 0.0582 e. The van der Waals surface area contributed by atoms with Crippen LogP contribution in [0, 0.1) is 5.92 Å². The van der Waals surface area contributed by atoms with Crippen molar-refractivity contribution < 1.29 is 0 Å². The van der Waals surface area contributed by atoms with Crippen molar-refractivity contribution in [1.29, 1.82) is 0 Å². The van der Waals surface area contributed by atoms with Crippen LogP contribution >= 0.6 is 0 Å². The molecule has 1 aromatic rings. The molecule has 0 heterocycles. The van der Waals surface area contributed by atoms with Crippen molar-refractivity contribution in [2.24, 2.45) is 5.92 Å². The van der Waals surface area contributed by atoms with Gasteiger partial charge in [0.25, 0.3) is 0 Å². The molecule has 0 spiro atoms. The van der Waals surface area contributed by atoms with Gasteiger partial charge in [-0.05, 0) is 38.2 Å². The summed E-state index contributed by atoms with van der Waals surface area (Å²) in [4.78, 5) is 2.42. The van der Waals surface area contributed by atoms with Crippen LogP contribution < -0.4 is 0 Å². The number of allylic oxidation sites excluding steroid dienone is 3. The number of hydrogen-bond donors (Lipinski definition) is 0. The molecule has 110 valence electrons. The Morgan fingerprint density at radius 3 is 2.25 bits per heavy atom. The maximum atomic E-state index is 4.37. The predicted molar refractivity (Wildman–Crippen MR) is 89.3 cm³/mol. The number of benzene rings is 1. The Morgan fingerprint density at radius 1 is 1.20 bits per heavy atom. The first-order chi connectivity index (χ1) is 9.56. The summed E-state index contributed by atoms with van der Waals surface area (Å²) < 4.78 is 0. The van der Waals surface area contributed by atoms with E-state index in [0.717, 1.165) is 12.8 Å². The van der Waals surface area contributed by atoms with E-state index >= 15 is 0 Å². The third kappa shape index (κ3) is 3.75. The lowest BCUT2D eigenvalue weighted by Gasteiger charge is -2.38. The zero-order chi connectivity index (χ0) is 15.1. The summed E-state index contributed by atoms with van der Waals surface area (Å²) in [5.74, 6) is 0.502. The zero-order valence-electron chi connectivity index (χ0n) is 13.7. The van der Waals surface area contributed by atoms with Crippen LogP contribution in [0.15, 0.2) is 54.4 Å². The van der Waals surface area contributed by atoms with Gasteiger partial charge in [0.2, 0.25) is 0 Å². The molecule has 0 radical (unpaired) electrons. The summed E-state index contributed by atoms with van der Waals surface area (Å²) in [6.07, 6.45) is 4.38. The fourth-order valence-electron chi connectivity index (χ4n) is 2.53. The Bertz CT molecular complexity index is 444. The van der Waals surface area contributed by atoms with E-state index in [2.05, 4.69) is 82.5 Å². The van der Waals surface area contributed by atoms with Gasteiger partial charge in [0, 0.05) is 11.4 Å². The van der Waals surface area contributed by atoms with E-state index in [-0.39, 0.29) is 0 Å². The second kappa shape index (κ2) is 7.94. The smallest absolute Gasteiger partial charge is 0.0582 e. The van der Waals surface area contributed by atoms with E-state index in [1.165, 1.54) is 17.0 Å². The molecule has 0 aliphatic carbocycles. The van der Waals surface area contributed by atoms with Crippen LogP contribution in [0.1, 0.15) is 59.1 Å². The summed E-state index contributed by atoms with van der Waals surface area (Å²) in [6, 6.07) is 11.1. The minimum absolute atomic E-state index is 0.369. The minimum Gasteiger partial charge on any atom is -0.342 e. The van der Waals surface area contributed by atoms with E-state index in [1.807, 2.05) is 0 Å². The molecular formula is C19H29N. The Morgan fingerprint density at radius 2 is 1.80 bits per heavy atom. The van der Waals surface area contributed by atoms with Crippen molar-refractivity contribution in [3.8, 4) is 0 Å². The molecular weight excluding hydrogens is 242 g/mol. The lowest BCUT2D eigenvalue weighted by molar-refractivity contribution is 0.278. The number of nitrogens with zero attached hydrogens (tertiary/aromatic N) is 1. The third-order valence-corrected chi connectivity index (χ3v) is 4.17. The van der Waals surface area contributed by atoms with Gasteiger partial charge in [-0.1, -0.05) is 63.8 Å². The zero-order valence-corrected chi connectivity index (χ0v) is 13.7. The molecule has 2 atom stereocenters. The second-order valence-electron chi connectivity index (χ2n) is 5.44. The lowest BCUT2D eigenvalue weighted by Crippen LogP contribution is -2.28. The minimum atomic E-state index is 0.369. The average Bonchev–Trinajstić information content (AvgIpc) is 2.51. The van der Waals surface area contributed by atoms with Gasteiger partial charge in [-0.25, -0.2) is 0 Å². The van der Waals surface area contributed by atoms with Crippen LogP contribution in [0.25, 0.3) is 0 Å². The highest BCUT2D eigenvalue weighted by Crippen LogP contribution is 2.34. The first kappa shape index (κ1) is 16.6. The molecule has 20 heavy (non-hydrogen) atoms. The van der Waals surface area contributed by atoms with Crippen molar-refractivity contribution >= 4 is 0 Å². The molecule has 0 aliphatic rings. The summed E-state index contributed by atoms with van der Waals surface area (Å²) >= 11 is 0. The van der Waals surface area contributed by atoms with Gasteiger partial charge in [-0.15, -0.1) is 0 Å². The first-order valence-corrected chi connectivity index (χ1v) is 7.72. The highest BCUT2D eigenvalue weighted by Gasteiger charge is 2.23. The Labute approximate surface area is 125 Å². The van der Waals surface area contributed by atoms with Crippen LogP contribution in [0.5, 0.6) is 0 Å². The second-order valence-corrected chi connectivity index (χ2v) is 5.44. The van der Waals surface area contributed by atoms with Crippen molar-refractivity contribution in [2.75, 3.05) is 0 Å². The molecule has 2 unspecified atom stereocenters.